The van der Waals surface area contributed by atoms with Gasteiger partial charge < -0.3 is 9.80 Å². The summed E-state index contributed by atoms with van der Waals surface area (Å²) in [6, 6.07) is 15.5. The molecule has 0 spiro atoms. The van der Waals surface area contributed by atoms with E-state index >= 15 is 0 Å². The highest BCUT2D eigenvalue weighted by atomic mass is 16.6. The molecule has 0 fully saturated rings. The van der Waals surface area contributed by atoms with Gasteiger partial charge in [0, 0.05) is 30.8 Å². The Hall–Kier alpha value is -3.50. The van der Waals surface area contributed by atoms with Gasteiger partial charge in [0.1, 0.15) is 0 Å². The van der Waals surface area contributed by atoms with Crippen LogP contribution in [-0.4, -0.2) is 46.8 Å². The van der Waals surface area contributed by atoms with Crippen molar-refractivity contribution >= 4 is 17.7 Å². The Bertz CT molecular complexity index is 928. The number of para-hydroxylation sites is 1. The number of amides is 1. The van der Waals surface area contributed by atoms with Gasteiger partial charge in [-0.25, -0.2) is 0 Å². The first-order valence-electron chi connectivity index (χ1n) is 9.90. The average molecular weight is 406 g/mol. The minimum absolute atomic E-state index is 0.00853. The van der Waals surface area contributed by atoms with Crippen molar-refractivity contribution in [3.63, 3.8) is 0 Å². The molecule has 0 N–H and O–H groups in total. The molecule has 0 heterocycles. The lowest BCUT2D eigenvalue weighted by molar-refractivity contribution is -0.385. The number of nitro groups is 1. The van der Waals surface area contributed by atoms with Crippen LogP contribution in [-0.2, 0) is 11.3 Å². The fourth-order valence-electron chi connectivity index (χ4n) is 3.04. The van der Waals surface area contributed by atoms with Crippen LogP contribution in [0.25, 0.3) is 6.08 Å². The minimum atomic E-state index is -0.422. The summed E-state index contributed by atoms with van der Waals surface area (Å²) in [4.78, 5) is 27.7. The van der Waals surface area contributed by atoms with Gasteiger partial charge >= 0.3 is 0 Å². The maximum atomic E-state index is 12.9. The van der Waals surface area contributed by atoms with Gasteiger partial charge in [-0.1, -0.05) is 44.2 Å². The summed E-state index contributed by atoms with van der Waals surface area (Å²) in [7, 11) is 0. The zero-order chi connectivity index (χ0) is 21.9. The summed E-state index contributed by atoms with van der Waals surface area (Å²) < 4.78 is 0. The molecule has 0 atom stereocenters. The van der Waals surface area contributed by atoms with E-state index in [0.717, 1.165) is 18.7 Å². The maximum Gasteiger partial charge on any atom is 0.274 e. The summed E-state index contributed by atoms with van der Waals surface area (Å²) in [6.45, 7) is 7.16. The second kappa shape index (κ2) is 11.5. The summed E-state index contributed by atoms with van der Waals surface area (Å²) in [6.07, 6.45) is 3.16. The standard InChI is InChI=1S/C23H26N4O3/c1-3-25(4-2)15-16-26(18-21-7-5-6-8-22(21)27(29)30)23(28)14-13-19-9-11-20(17-24)12-10-19/h5-14H,3-4,15-16,18H2,1-2H3/b14-13+. The van der Waals surface area contributed by atoms with Crippen LogP contribution in [0.2, 0.25) is 0 Å². The lowest BCUT2D eigenvalue weighted by atomic mass is 10.1. The van der Waals surface area contributed by atoms with E-state index in [4.69, 9.17) is 5.26 Å². The van der Waals surface area contributed by atoms with Crippen LogP contribution in [0.1, 0.15) is 30.5 Å². The fourth-order valence-corrected chi connectivity index (χ4v) is 3.04. The van der Waals surface area contributed by atoms with Crippen LogP contribution >= 0.6 is 0 Å². The number of nitro benzene ring substituents is 1. The monoisotopic (exact) mass is 406 g/mol. The smallest absolute Gasteiger partial charge is 0.274 e. The quantitative estimate of drug-likeness (QED) is 0.340. The second-order valence-electron chi connectivity index (χ2n) is 6.74. The molecule has 0 saturated heterocycles. The van der Waals surface area contributed by atoms with Gasteiger partial charge in [0.15, 0.2) is 0 Å². The number of rotatable bonds is 10. The first-order valence-corrected chi connectivity index (χ1v) is 9.90. The topological polar surface area (TPSA) is 90.5 Å². The van der Waals surface area contributed by atoms with Crippen molar-refractivity contribution in [3.05, 3.63) is 81.4 Å². The predicted octanol–water partition coefficient (Wildman–Crippen LogP) is 3.85. The van der Waals surface area contributed by atoms with Gasteiger partial charge in [0.25, 0.3) is 5.69 Å². The molecule has 0 radical (unpaired) electrons. The molecule has 0 bridgehead atoms. The summed E-state index contributed by atoms with van der Waals surface area (Å²) in [5.74, 6) is -0.218. The third kappa shape index (κ3) is 6.54. The largest absolute Gasteiger partial charge is 0.333 e. The lowest BCUT2D eigenvalue weighted by Gasteiger charge is -2.25. The molecule has 7 heteroatoms. The lowest BCUT2D eigenvalue weighted by Crippen LogP contribution is -2.37. The highest BCUT2D eigenvalue weighted by Gasteiger charge is 2.19. The van der Waals surface area contributed by atoms with E-state index in [1.165, 1.54) is 12.1 Å². The highest BCUT2D eigenvalue weighted by Crippen LogP contribution is 2.20. The summed E-state index contributed by atoms with van der Waals surface area (Å²) >= 11 is 0. The molecule has 0 unspecified atom stereocenters. The number of hydrogen-bond acceptors (Lipinski definition) is 5. The van der Waals surface area contributed by atoms with Crippen LogP contribution < -0.4 is 0 Å². The Morgan fingerprint density at radius 3 is 2.37 bits per heavy atom. The van der Waals surface area contributed by atoms with Gasteiger partial charge in [0.2, 0.25) is 5.91 Å². The minimum Gasteiger partial charge on any atom is -0.333 e. The number of hydrogen-bond donors (Lipinski definition) is 0. The van der Waals surface area contributed by atoms with Crippen molar-refractivity contribution in [1.29, 1.82) is 5.26 Å². The molecule has 0 aliphatic carbocycles. The third-order valence-electron chi connectivity index (χ3n) is 4.90. The van der Waals surface area contributed by atoms with E-state index in [2.05, 4.69) is 24.8 Å². The summed E-state index contributed by atoms with van der Waals surface area (Å²) in [5, 5.41) is 20.2. The van der Waals surface area contributed by atoms with Crippen LogP contribution in [0, 0.1) is 21.4 Å². The first kappa shape index (κ1) is 22.8. The number of nitrogens with zero attached hydrogens (tertiary/aromatic N) is 4. The number of benzene rings is 2. The van der Waals surface area contributed by atoms with E-state index in [-0.39, 0.29) is 18.1 Å². The highest BCUT2D eigenvalue weighted by molar-refractivity contribution is 5.91. The van der Waals surface area contributed by atoms with Crippen molar-refractivity contribution in [2.24, 2.45) is 0 Å². The molecule has 0 aliphatic rings. The summed E-state index contributed by atoms with van der Waals surface area (Å²) in [5.41, 5.74) is 1.86. The molecule has 156 valence electrons. The van der Waals surface area contributed by atoms with E-state index in [1.54, 1.807) is 53.4 Å². The van der Waals surface area contributed by atoms with Crippen molar-refractivity contribution in [3.8, 4) is 6.07 Å². The molecular weight excluding hydrogens is 380 g/mol. The SMILES string of the molecule is CCN(CC)CCN(Cc1ccccc1[N+](=O)[O-])C(=O)/C=C/c1ccc(C#N)cc1. The van der Waals surface area contributed by atoms with E-state index in [9.17, 15) is 14.9 Å². The molecule has 30 heavy (non-hydrogen) atoms. The van der Waals surface area contributed by atoms with Gasteiger partial charge in [0.05, 0.1) is 23.1 Å². The van der Waals surface area contributed by atoms with Crippen LogP contribution in [0.15, 0.2) is 54.6 Å². The van der Waals surface area contributed by atoms with Crippen LogP contribution in [0.5, 0.6) is 0 Å². The predicted molar refractivity (Wildman–Crippen MR) is 116 cm³/mol. The molecule has 0 saturated carbocycles. The zero-order valence-corrected chi connectivity index (χ0v) is 17.3. The van der Waals surface area contributed by atoms with Gasteiger partial charge in [-0.15, -0.1) is 0 Å². The number of carbonyl (C=O) groups excluding carboxylic acids is 1. The van der Waals surface area contributed by atoms with E-state index < -0.39 is 4.92 Å². The van der Waals surface area contributed by atoms with Gasteiger partial charge in [-0.3, -0.25) is 14.9 Å². The second-order valence-corrected chi connectivity index (χ2v) is 6.74. The maximum absolute atomic E-state index is 12.9. The van der Waals surface area contributed by atoms with Gasteiger partial charge in [-0.05, 0) is 36.9 Å². The Kier molecular flexibility index (Phi) is 8.73. The Labute approximate surface area is 177 Å². The molecular formula is C23H26N4O3. The number of nitriles is 1. The van der Waals surface area contributed by atoms with Crippen LogP contribution in [0.4, 0.5) is 5.69 Å². The Balaban J connectivity index is 2.21. The number of carbonyl (C=O) groups is 1. The van der Waals surface area contributed by atoms with Crippen molar-refractivity contribution in [2.75, 3.05) is 26.2 Å². The molecule has 2 rings (SSSR count). The normalized spacial score (nSPS) is 10.9. The fraction of sp³-hybridized carbons (Fsp3) is 0.304. The molecule has 0 aliphatic heterocycles. The molecule has 0 aromatic heterocycles. The molecule has 2 aromatic carbocycles. The molecule has 7 nitrogen and oxygen atoms in total. The Morgan fingerprint density at radius 2 is 1.77 bits per heavy atom. The van der Waals surface area contributed by atoms with Crippen molar-refractivity contribution in [1.82, 2.24) is 9.80 Å². The van der Waals surface area contributed by atoms with E-state index in [0.29, 0.717) is 24.2 Å². The average Bonchev–Trinajstić information content (AvgIpc) is 2.77. The first-order chi connectivity index (χ1) is 14.5. The Morgan fingerprint density at radius 1 is 1.10 bits per heavy atom. The van der Waals surface area contributed by atoms with Crippen molar-refractivity contribution in [2.45, 2.75) is 20.4 Å². The van der Waals surface area contributed by atoms with E-state index in [1.807, 2.05) is 0 Å². The number of likely N-dealkylation sites (N-methyl/N-ethyl adjacent to an activating group) is 1. The molecule has 2 aromatic rings. The van der Waals surface area contributed by atoms with Crippen molar-refractivity contribution < 1.29 is 9.72 Å². The molecule has 1 amide bonds. The van der Waals surface area contributed by atoms with Gasteiger partial charge in [-0.2, -0.15) is 5.26 Å². The third-order valence-corrected chi connectivity index (χ3v) is 4.90. The van der Waals surface area contributed by atoms with Crippen LogP contribution in [0.3, 0.4) is 0 Å². The zero-order valence-electron chi connectivity index (χ0n) is 17.3.